The molecular weight excluding hydrogens is 190 g/mol. The molecule has 0 aliphatic carbocycles. The number of hydrogen-bond acceptors (Lipinski definition) is 3. The van der Waals surface area contributed by atoms with Gasteiger partial charge in [-0.15, -0.1) is 11.3 Å². The Morgan fingerprint density at radius 3 is 3.00 bits per heavy atom. The van der Waals surface area contributed by atoms with E-state index < -0.39 is 10.8 Å². The van der Waals surface area contributed by atoms with Gasteiger partial charge in [-0.3, -0.25) is 4.21 Å². The SMILES string of the molecule is CC(N)CCS(=O)c1cccs1. The van der Waals surface area contributed by atoms with Gasteiger partial charge in [-0.2, -0.15) is 0 Å². The second-order valence-electron chi connectivity index (χ2n) is 2.75. The van der Waals surface area contributed by atoms with Gasteiger partial charge in [0.2, 0.25) is 0 Å². The predicted molar refractivity (Wildman–Crippen MR) is 53.9 cm³/mol. The molecule has 1 rings (SSSR count). The zero-order valence-electron chi connectivity index (χ0n) is 7.03. The minimum Gasteiger partial charge on any atom is -0.328 e. The Morgan fingerprint density at radius 1 is 1.75 bits per heavy atom. The first-order valence-electron chi connectivity index (χ1n) is 3.87. The minimum atomic E-state index is -0.834. The lowest BCUT2D eigenvalue weighted by Crippen LogP contribution is -2.17. The molecule has 0 aliphatic rings. The summed E-state index contributed by atoms with van der Waals surface area (Å²) in [5.74, 6) is 0.679. The molecule has 0 saturated heterocycles. The summed E-state index contributed by atoms with van der Waals surface area (Å²) in [7, 11) is -0.834. The van der Waals surface area contributed by atoms with E-state index in [1.807, 2.05) is 24.4 Å². The van der Waals surface area contributed by atoms with Crippen LogP contribution in [0.3, 0.4) is 0 Å². The highest BCUT2D eigenvalue weighted by Gasteiger charge is 2.05. The van der Waals surface area contributed by atoms with Crippen LogP contribution in [0.25, 0.3) is 0 Å². The molecule has 0 amide bonds. The molecule has 0 saturated carbocycles. The van der Waals surface area contributed by atoms with Crippen molar-refractivity contribution < 1.29 is 4.21 Å². The molecule has 2 N–H and O–H groups in total. The zero-order chi connectivity index (χ0) is 8.97. The number of rotatable bonds is 4. The zero-order valence-corrected chi connectivity index (χ0v) is 8.66. The molecule has 1 heterocycles. The van der Waals surface area contributed by atoms with Crippen LogP contribution < -0.4 is 5.73 Å². The van der Waals surface area contributed by atoms with E-state index in [2.05, 4.69) is 0 Å². The van der Waals surface area contributed by atoms with E-state index in [0.717, 1.165) is 10.6 Å². The Labute approximate surface area is 79.2 Å². The van der Waals surface area contributed by atoms with Crippen LogP contribution in [0.4, 0.5) is 0 Å². The van der Waals surface area contributed by atoms with Crippen molar-refractivity contribution in [2.24, 2.45) is 5.73 Å². The third-order valence-corrected chi connectivity index (χ3v) is 4.18. The molecule has 4 heteroatoms. The lowest BCUT2D eigenvalue weighted by molar-refractivity contribution is 0.669. The maximum absolute atomic E-state index is 11.5. The third kappa shape index (κ3) is 3.05. The first kappa shape index (κ1) is 9.89. The fourth-order valence-corrected chi connectivity index (χ4v) is 3.10. The van der Waals surface area contributed by atoms with Crippen molar-refractivity contribution in [2.75, 3.05) is 5.75 Å². The molecule has 2 unspecified atom stereocenters. The van der Waals surface area contributed by atoms with Gasteiger partial charge in [0, 0.05) is 11.8 Å². The smallest absolute Gasteiger partial charge is 0.0910 e. The highest BCUT2D eigenvalue weighted by atomic mass is 32.2. The molecule has 0 bridgehead atoms. The van der Waals surface area contributed by atoms with Gasteiger partial charge in [0.05, 0.1) is 15.0 Å². The summed E-state index contributed by atoms with van der Waals surface area (Å²) >= 11 is 1.54. The van der Waals surface area contributed by atoms with Gasteiger partial charge in [-0.25, -0.2) is 0 Å². The largest absolute Gasteiger partial charge is 0.328 e. The van der Waals surface area contributed by atoms with E-state index in [-0.39, 0.29) is 6.04 Å². The molecule has 2 nitrogen and oxygen atoms in total. The molecule has 1 aromatic rings. The van der Waals surface area contributed by atoms with Gasteiger partial charge < -0.3 is 5.73 Å². The Morgan fingerprint density at radius 2 is 2.50 bits per heavy atom. The lowest BCUT2D eigenvalue weighted by atomic mass is 10.3. The van der Waals surface area contributed by atoms with E-state index in [1.165, 1.54) is 0 Å². The number of thiophene rings is 1. The summed E-state index contributed by atoms with van der Waals surface area (Å²) in [5.41, 5.74) is 5.56. The van der Waals surface area contributed by atoms with Crippen LogP contribution in [0.5, 0.6) is 0 Å². The summed E-state index contributed by atoms with van der Waals surface area (Å²) in [6.45, 7) is 1.94. The summed E-state index contributed by atoms with van der Waals surface area (Å²) in [6.07, 6.45) is 0.824. The van der Waals surface area contributed by atoms with Crippen LogP contribution in [0.2, 0.25) is 0 Å². The summed E-state index contributed by atoms with van der Waals surface area (Å²) < 4.78 is 12.4. The fraction of sp³-hybridized carbons (Fsp3) is 0.500. The maximum atomic E-state index is 11.5. The van der Waals surface area contributed by atoms with E-state index >= 15 is 0 Å². The predicted octanol–water partition coefficient (Wildman–Crippen LogP) is 1.59. The highest BCUT2D eigenvalue weighted by Crippen LogP contribution is 2.14. The van der Waals surface area contributed by atoms with Crippen molar-refractivity contribution in [1.29, 1.82) is 0 Å². The Balaban J connectivity index is 2.40. The van der Waals surface area contributed by atoms with E-state index in [0.29, 0.717) is 5.75 Å². The van der Waals surface area contributed by atoms with Crippen LogP contribution in [0.15, 0.2) is 21.7 Å². The molecule has 12 heavy (non-hydrogen) atoms. The topological polar surface area (TPSA) is 43.1 Å². The quantitative estimate of drug-likeness (QED) is 0.807. The van der Waals surface area contributed by atoms with Crippen molar-refractivity contribution >= 4 is 22.1 Å². The highest BCUT2D eigenvalue weighted by molar-refractivity contribution is 7.87. The van der Waals surface area contributed by atoms with Gasteiger partial charge in [-0.05, 0) is 24.8 Å². The minimum absolute atomic E-state index is 0.147. The molecule has 2 atom stereocenters. The van der Waals surface area contributed by atoms with Crippen molar-refractivity contribution in [3.05, 3.63) is 17.5 Å². The second kappa shape index (κ2) is 4.74. The molecule has 0 radical (unpaired) electrons. The number of nitrogens with two attached hydrogens (primary N) is 1. The molecule has 1 aromatic heterocycles. The van der Waals surface area contributed by atoms with Crippen LogP contribution in [-0.2, 0) is 10.8 Å². The normalized spacial score (nSPS) is 15.8. The average Bonchev–Trinajstić information content (AvgIpc) is 2.51. The van der Waals surface area contributed by atoms with Crippen molar-refractivity contribution in [1.82, 2.24) is 0 Å². The van der Waals surface area contributed by atoms with E-state index in [4.69, 9.17) is 5.73 Å². The molecule has 0 fully saturated rings. The fourth-order valence-electron chi connectivity index (χ4n) is 0.787. The first-order valence-corrected chi connectivity index (χ1v) is 6.07. The summed E-state index contributed by atoms with van der Waals surface area (Å²) in [6, 6.07) is 3.97. The van der Waals surface area contributed by atoms with Crippen LogP contribution >= 0.6 is 11.3 Å². The van der Waals surface area contributed by atoms with Crippen LogP contribution in [0, 0.1) is 0 Å². The maximum Gasteiger partial charge on any atom is 0.0910 e. The standard InChI is InChI=1S/C8H13NOS2/c1-7(9)4-6-12(10)8-3-2-5-11-8/h2-3,5,7H,4,6,9H2,1H3. The Kier molecular flexibility index (Phi) is 3.91. The summed E-state index contributed by atoms with van der Waals surface area (Å²) in [4.78, 5) is 0. The average molecular weight is 203 g/mol. The summed E-state index contributed by atoms with van der Waals surface area (Å²) in [5, 5.41) is 1.94. The molecule has 0 spiro atoms. The van der Waals surface area contributed by atoms with E-state index in [9.17, 15) is 4.21 Å². The van der Waals surface area contributed by atoms with Gasteiger partial charge in [0.25, 0.3) is 0 Å². The third-order valence-electron chi connectivity index (χ3n) is 1.48. The van der Waals surface area contributed by atoms with Crippen molar-refractivity contribution in [3.8, 4) is 0 Å². The molecular formula is C8H13NOS2. The molecule has 0 aliphatic heterocycles. The Hall–Kier alpha value is -0.190. The van der Waals surface area contributed by atoms with Crippen LogP contribution in [-0.4, -0.2) is 16.0 Å². The van der Waals surface area contributed by atoms with Crippen molar-refractivity contribution in [3.63, 3.8) is 0 Å². The first-order chi connectivity index (χ1) is 5.70. The van der Waals surface area contributed by atoms with Gasteiger partial charge >= 0.3 is 0 Å². The monoisotopic (exact) mass is 203 g/mol. The Bertz CT molecular complexity index is 244. The number of hydrogen-bond donors (Lipinski definition) is 1. The van der Waals surface area contributed by atoms with Crippen molar-refractivity contribution in [2.45, 2.75) is 23.6 Å². The van der Waals surface area contributed by atoms with Crippen LogP contribution in [0.1, 0.15) is 13.3 Å². The van der Waals surface area contributed by atoms with Gasteiger partial charge in [0.1, 0.15) is 0 Å². The van der Waals surface area contributed by atoms with Gasteiger partial charge in [0.15, 0.2) is 0 Å². The van der Waals surface area contributed by atoms with E-state index in [1.54, 1.807) is 11.3 Å². The second-order valence-corrected chi connectivity index (χ2v) is 5.49. The molecule has 0 aromatic carbocycles. The lowest BCUT2D eigenvalue weighted by Gasteiger charge is -2.02. The molecule has 68 valence electrons. The van der Waals surface area contributed by atoms with Gasteiger partial charge in [-0.1, -0.05) is 6.07 Å².